The van der Waals surface area contributed by atoms with Crippen molar-refractivity contribution in [3.05, 3.63) is 94.5 Å². The van der Waals surface area contributed by atoms with E-state index in [1.807, 2.05) is 6.07 Å². The Morgan fingerprint density at radius 2 is 1.43 bits per heavy atom. The van der Waals surface area contributed by atoms with Gasteiger partial charge >= 0.3 is 12.0 Å². The number of hydrogen-bond acceptors (Lipinski definition) is 8. The van der Waals surface area contributed by atoms with Gasteiger partial charge in [-0.2, -0.15) is 0 Å². The molecule has 0 aliphatic carbocycles. The Morgan fingerprint density at radius 3 is 2.06 bits per heavy atom. The minimum atomic E-state index is -1.95. The van der Waals surface area contributed by atoms with Gasteiger partial charge in [0.2, 0.25) is 6.23 Å². The first-order chi connectivity index (χ1) is 25.7. The highest BCUT2D eigenvalue weighted by molar-refractivity contribution is 6.34. The fraction of sp³-hybridized carbons (Fsp3) is 0.439. The van der Waals surface area contributed by atoms with Crippen LogP contribution in [0.1, 0.15) is 104 Å². The van der Waals surface area contributed by atoms with Crippen molar-refractivity contribution in [3.63, 3.8) is 0 Å². The number of anilines is 1. The fourth-order valence-electron chi connectivity index (χ4n) is 6.13. The van der Waals surface area contributed by atoms with Crippen LogP contribution in [0.3, 0.4) is 0 Å². The van der Waals surface area contributed by atoms with Crippen LogP contribution < -0.4 is 10.1 Å². The predicted octanol–water partition coefficient (Wildman–Crippen LogP) is 8.44. The van der Waals surface area contributed by atoms with Crippen molar-refractivity contribution in [2.45, 2.75) is 96.9 Å². The first-order valence-corrected chi connectivity index (χ1v) is 18.8. The number of imide groups is 1. The average Bonchev–Trinajstić information content (AvgIpc) is 3.38. The van der Waals surface area contributed by atoms with E-state index in [1.165, 1.54) is 93.0 Å². The van der Waals surface area contributed by atoms with E-state index in [0.717, 1.165) is 25.7 Å². The molecule has 1 N–H and O–H groups in total. The molecule has 4 amide bonds. The molecule has 4 rings (SSSR count). The number of rotatable bonds is 22. The number of hydrogen-bond donors (Lipinski definition) is 1. The molecule has 0 radical (unpaired) electrons. The fourth-order valence-corrected chi connectivity index (χ4v) is 6.29. The highest BCUT2D eigenvalue weighted by Gasteiger charge is 2.53. The zero-order chi connectivity index (χ0) is 38.2. The molecule has 2 atom stereocenters. The number of urea groups is 1. The van der Waals surface area contributed by atoms with Crippen LogP contribution in [0.25, 0.3) is 0 Å². The molecule has 3 aromatic carbocycles. The topological polar surface area (TPSA) is 132 Å². The highest BCUT2D eigenvalue weighted by Crippen LogP contribution is 2.29. The van der Waals surface area contributed by atoms with Crippen LogP contribution in [0, 0.1) is 0 Å². The maximum absolute atomic E-state index is 14.1. The van der Waals surface area contributed by atoms with Crippen LogP contribution >= 0.6 is 11.6 Å². The van der Waals surface area contributed by atoms with Crippen molar-refractivity contribution in [3.8, 4) is 5.75 Å². The van der Waals surface area contributed by atoms with Crippen molar-refractivity contribution >= 4 is 46.9 Å². The van der Waals surface area contributed by atoms with E-state index in [2.05, 4.69) is 12.2 Å². The zero-order valence-electron chi connectivity index (χ0n) is 30.8. The van der Waals surface area contributed by atoms with Gasteiger partial charge in [0.15, 0.2) is 11.8 Å². The quantitative estimate of drug-likeness (QED) is 0.0356. The van der Waals surface area contributed by atoms with Crippen LogP contribution in [-0.4, -0.2) is 72.0 Å². The number of Topliss-reactive ketones (excluding diaryl/α,β-unsaturated/α-hetero) is 1. The molecule has 11 nitrogen and oxygen atoms in total. The highest BCUT2D eigenvalue weighted by atomic mass is 35.5. The minimum absolute atomic E-state index is 0.000760. The lowest BCUT2D eigenvalue weighted by Crippen LogP contribution is -2.52. The van der Waals surface area contributed by atoms with Gasteiger partial charge in [0.1, 0.15) is 5.75 Å². The van der Waals surface area contributed by atoms with E-state index in [-0.39, 0.29) is 41.6 Å². The van der Waals surface area contributed by atoms with E-state index in [0.29, 0.717) is 16.2 Å². The van der Waals surface area contributed by atoms with Gasteiger partial charge in [0.05, 0.1) is 36.5 Å². The molecule has 0 saturated carbocycles. The summed E-state index contributed by atoms with van der Waals surface area (Å²) in [6, 6.07) is 16.3. The molecule has 1 saturated heterocycles. The molecule has 0 aromatic heterocycles. The summed E-state index contributed by atoms with van der Waals surface area (Å²) in [6.45, 7) is 4.21. The SMILES string of the molecule is CCCCCCCCCCCCOC(=O)c1ccc(Cl)c(NC(=O)[C@H](C(=O)c2ccc(OC)cc2)N2C(=O)[C@@H](OCC)N(Cc3ccccc3)C2=O)c1. The Morgan fingerprint density at radius 1 is 0.811 bits per heavy atom. The third-order valence-corrected chi connectivity index (χ3v) is 9.35. The normalized spacial score (nSPS) is 14.7. The molecule has 284 valence electrons. The molecular formula is C41H50ClN3O8. The second kappa shape index (κ2) is 21.1. The molecule has 1 fully saturated rings. The number of halogens is 1. The number of benzene rings is 3. The van der Waals surface area contributed by atoms with Gasteiger partial charge in [0, 0.05) is 12.2 Å². The van der Waals surface area contributed by atoms with Crippen molar-refractivity contribution in [2.75, 3.05) is 25.6 Å². The largest absolute Gasteiger partial charge is 0.497 e. The van der Waals surface area contributed by atoms with Crippen molar-refractivity contribution < 1.29 is 38.2 Å². The summed E-state index contributed by atoms with van der Waals surface area (Å²) >= 11 is 6.46. The minimum Gasteiger partial charge on any atom is -0.497 e. The van der Waals surface area contributed by atoms with Crippen LogP contribution in [0.15, 0.2) is 72.8 Å². The van der Waals surface area contributed by atoms with Crippen LogP contribution in [-0.2, 0) is 25.6 Å². The van der Waals surface area contributed by atoms with Gasteiger partial charge in [-0.25, -0.2) is 14.5 Å². The number of ketones is 1. The first kappa shape index (κ1) is 41.0. The number of unbranched alkanes of at least 4 members (excludes halogenated alkanes) is 9. The van der Waals surface area contributed by atoms with Gasteiger partial charge in [-0.15, -0.1) is 0 Å². The summed E-state index contributed by atoms with van der Waals surface area (Å²) < 4.78 is 16.4. The molecule has 53 heavy (non-hydrogen) atoms. The molecule has 3 aromatic rings. The van der Waals surface area contributed by atoms with Gasteiger partial charge in [-0.1, -0.05) is 107 Å². The predicted molar refractivity (Wildman–Crippen MR) is 203 cm³/mol. The third-order valence-electron chi connectivity index (χ3n) is 9.02. The summed E-state index contributed by atoms with van der Waals surface area (Å²) in [7, 11) is 1.47. The number of esters is 1. The maximum atomic E-state index is 14.1. The molecule has 0 bridgehead atoms. The molecule has 0 unspecified atom stereocenters. The van der Waals surface area contributed by atoms with Crippen molar-refractivity contribution in [1.29, 1.82) is 0 Å². The summed E-state index contributed by atoms with van der Waals surface area (Å²) in [5.41, 5.74) is 0.899. The van der Waals surface area contributed by atoms with Gasteiger partial charge in [-0.3, -0.25) is 19.3 Å². The maximum Gasteiger partial charge on any atom is 0.338 e. The number of nitrogens with zero attached hydrogens (tertiary/aromatic N) is 2. The Kier molecular flexibility index (Phi) is 16.3. The van der Waals surface area contributed by atoms with Crippen LogP contribution in [0.5, 0.6) is 5.75 Å². The summed E-state index contributed by atoms with van der Waals surface area (Å²) in [5.74, 6) is -2.84. The Balaban J connectivity index is 1.49. The smallest absolute Gasteiger partial charge is 0.338 e. The molecule has 1 aliphatic heterocycles. The molecule has 1 aliphatic rings. The van der Waals surface area contributed by atoms with E-state index < -0.39 is 41.9 Å². The Labute approximate surface area is 316 Å². The molecule has 0 spiro atoms. The third kappa shape index (κ3) is 11.4. The van der Waals surface area contributed by atoms with Gasteiger partial charge in [0.25, 0.3) is 11.8 Å². The second-order valence-corrected chi connectivity index (χ2v) is 13.3. The second-order valence-electron chi connectivity index (χ2n) is 12.9. The number of amides is 4. The first-order valence-electron chi connectivity index (χ1n) is 18.4. The van der Waals surface area contributed by atoms with Crippen LogP contribution in [0.4, 0.5) is 10.5 Å². The lowest BCUT2D eigenvalue weighted by Gasteiger charge is -2.25. The Hall–Kier alpha value is -4.74. The lowest BCUT2D eigenvalue weighted by atomic mass is 10.0. The van der Waals surface area contributed by atoms with Gasteiger partial charge < -0.3 is 19.5 Å². The van der Waals surface area contributed by atoms with E-state index in [9.17, 15) is 24.0 Å². The van der Waals surface area contributed by atoms with Crippen molar-refractivity contribution in [1.82, 2.24) is 9.80 Å². The number of nitrogens with one attached hydrogen (secondary N) is 1. The lowest BCUT2D eigenvalue weighted by molar-refractivity contribution is -0.144. The van der Waals surface area contributed by atoms with E-state index in [1.54, 1.807) is 31.2 Å². The summed E-state index contributed by atoms with van der Waals surface area (Å²) in [6.07, 6.45) is 10.1. The number of carbonyl (C=O) groups excluding carboxylic acids is 5. The molecule has 12 heteroatoms. The Bertz CT molecular complexity index is 1680. The molecule has 1 heterocycles. The van der Waals surface area contributed by atoms with Gasteiger partial charge in [-0.05, 0) is 61.4 Å². The number of ether oxygens (including phenoxy) is 3. The molecular weight excluding hydrogens is 698 g/mol. The average molecular weight is 748 g/mol. The van der Waals surface area contributed by atoms with E-state index >= 15 is 0 Å². The van der Waals surface area contributed by atoms with Crippen molar-refractivity contribution in [2.24, 2.45) is 0 Å². The summed E-state index contributed by atoms with van der Waals surface area (Å²) in [4.78, 5) is 70.9. The monoisotopic (exact) mass is 747 g/mol. The number of methoxy groups -OCH3 is 1. The summed E-state index contributed by atoms with van der Waals surface area (Å²) in [5, 5.41) is 2.66. The zero-order valence-corrected chi connectivity index (χ0v) is 31.6. The van der Waals surface area contributed by atoms with Crippen LogP contribution in [0.2, 0.25) is 5.02 Å². The van der Waals surface area contributed by atoms with E-state index in [4.69, 9.17) is 25.8 Å². The standard InChI is InChI=1S/C41H50ClN3O8/c1-4-6-7-8-9-10-11-12-13-17-26-53-40(49)31-22-25-33(42)34(27-31)43-37(47)35(36(46)30-20-23-32(51-3)24-21-30)45-38(48)39(52-5-2)44(41(45)50)28-29-18-15-14-16-19-29/h14-16,18-25,27,35,39H,4-13,17,26,28H2,1-3H3,(H,43,47)/t35-,39+/m0/s1. The number of carbonyl (C=O) groups is 5.